The first-order valence-electron chi connectivity index (χ1n) is 18.7. The molecule has 0 radical (unpaired) electrons. The van der Waals surface area contributed by atoms with Crippen LogP contribution in [0.2, 0.25) is 0 Å². The van der Waals surface area contributed by atoms with Crippen LogP contribution in [0, 0.1) is 0 Å². The van der Waals surface area contributed by atoms with E-state index in [4.69, 9.17) is 0 Å². The van der Waals surface area contributed by atoms with Crippen LogP contribution in [0.3, 0.4) is 0 Å². The summed E-state index contributed by atoms with van der Waals surface area (Å²) in [5.74, 6) is 0. The Labute approximate surface area is 316 Å². The SMILES string of the molecule is c1ccc(-c2cccc(-c3c4ccccc4c(-c4cccc(-c5cccc(-c6cccc(-c7ccc8ccccc8c7)c6)c5)c4)c4ccccc34)c2)cc1. The van der Waals surface area contributed by atoms with Crippen LogP contribution in [-0.4, -0.2) is 0 Å². The average Bonchev–Trinajstić information content (AvgIpc) is 3.26. The van der Waals surface area contributed by atoms with Gasteiger partial charge in [-0.05, 0) is 129 Å². The zero-order valence-corrected chi connectivity index (χ0v) is 29.8. The van der Waals surface area contributed by atoms with Gasteiger partial charge in [-0.1, -0.05) is 188 Å². The van der Waals surface area contributed by atoms with Crippen LogP contribution in [0.5, 0.6) is 0 Å². The molecule has 0 spiro atoms. The molecule has 10 aromatic rings. The zero-order valence-electron chi connectivity index (χ0n) is 29.8. The summed E-state index contributed by atoms with van der Waals surface area (Å²) in [7, 11) is 0. The molecule has 0 aliphatic rings. The van der Waals surface area contributed by atoms with Crippen LogP contribution in [-0.2, 0) is 0 Å². The third kappa shape index (κ3) is 5.75. The van der Waals surface area contributed by atoms with E-state index in [1.165, 1.54) is 99.1 Å². The summed E-state index contributed by atoms with van der Waals surface area (Å²) in [5.41, 5.74) is 14.7. The second-order valence-electron chi connectivity index (χ2n) is 14.1. The Morgan fingerprint density at radius 3 is 0.944 bits per heavy atom. The van der Waals surface area contributed by atoms with Crippen molar-refractivity contribution < 1.29 is 0 Å². The van der Waals surface area contributed by atoms with Crippen molar-refractivity contribution in [2.24, 2.45) is 0 Å². The molecule has 0 aliphatic carbocycles. The van der Waals surface area contributed by atoms with Crippen LogP contribution in [0.15, 0.2) is 218 Å². The standard InChI is InChI=1S/C54H36/c1-2-14-37(15-3-1)40-18-12-24-47(35-40)53-49-26-6-8-28-51(49)54(52-29-9-7-27-50(52)53)48-25-13-23-45(36-48)43-21-10-19-41(33-43)42-20-11-22-44(34-42)46-31-30-38-16-4-5-17-39(38)32-46/h1-36H. The van der Waals surface area contributed by atoms with Crippen molar-refractivity contribution in [2.75, 3.05) is 0 Å². The fourth-order valence-electron chi connectivity index (χ4n) is 8.22. The summed E-state index contributed by atoms with van der Waals surface area (Å²) in [6, 6.07) is 79.7. The number of benzene rings is 10. The Bertz CT molecular complexity index is 2930. The van der Waals surface area contributed by atoms with E-state index in [2.05, 4.69) is 218 Å². The summed E-state index contributed by atoms with van der Waals surface area (Å²) >= 11 is 0. The molecule has 0 atom stereocenters. The molecule has 10 aromatic carbocycles. The minimum absolute atomic E-state index is 1.20. The Kier molecular flexibility index (Phi) is 7.93. The van der Waals surface area contributed by atoms with E-state index in [1.807, 2.05) is 0 Å². The van der Waals surface area contributed by atoms with Gasteiger partial charge in [0.1, 0.15) is 0 Å². The highest BCUT2D eigenvalue weighted by Gasteiger charge is 2.17. The fraction of sp³-hybridized carbons (Fsp3) is 0. The number of hydrogen-bond acceptors (Lipinski definition) is 0. The molecule has 0 heterocycles. The van der Waals surface area contributed by atoms with Crippen molar-refractivity contribution >= 4 is 32.3 Å². The second kappa shape index (κ2) is 13.5. The van der Waals surface area contributed by atoms with Crippen molar-refractivity contribution in [1.82, 2.24) is 0 Å². The topological polar surface area (TPSA) is 0 Å². The van der Waals surface area contributed by atoms with E-state index >= 15 is 0 Å². The second-order valence-corrected chi connectivity index (χ2v) is 14.1. The zero-order chi connectivity index (χ0) is 35.8. The minimum Gasteiger partial charge on any atom is -0.0622 e. The van der Waals surface area contributed by atoms with Gasteiger partial charge in [-0.3, -0.25) is 0 Å². The Morgan fingerprint density at radius 2 is 0.481 bits per heavy atom. The lowest BCUT2D eigenvalue weighted by atomic mass is 9.85. The molecule has 252 valence electrons. The van der Waals surface area contributed by atoms with Gasteiger partial charge in [0.2, 0.25) is 0 Å². The quantitative estimate of drug-likeness (QED) is 0.153. The Morgan fingerprint density at radius 1 is 0.167 bits per heavy atom. The van der Waals surface area contributed by atoms with E-state index in [9.17, 15) is 0 Å². The van der Waals surface area contributed by atoms with Gasteiger partial charge >= 0.3 is 0 Å². The van der Waals surface area contributed by atoms with E-state index in [-0.39, 0.29) is 0 Å². The van der Waals surface area contributed by atoms with Gasteiger partial charge in [0, 0.05) is 0 Å². The molecule has 0 amide bonds. The molecule has 0 unspecified atom stereocenters. The highest BCUT2D eigenvalue weighted by Crippen LogP contribution is 2.45. The molecule has 0 saturated carbocycles. The fourth-order valence-corrected chi connectivity index (χ4v) is 8.22. The van der Waals surface area contributed by atoms with Gasteiger partial charge in [0.15, 0.2) is 0 Å². The summed E-state index contributed by atoms with van der Waals surface area (Å²) in [6.45, 7) is 0. The number of rotatable bonds is 6. The van der Waals surface area contributed by atoms with Gasteiger partial charge in [0.25, 0.3) is 0 Å². The first-order chi connectivity index (χ1) is 26.8. The number of hydrogen-bond donors (Lipinski definition) is 0. The predicted octanol–water partition coefficient (Wildman–Crippen LogP) is 15.1. The van der Waals surface area contributed by atoms with Crippen molar-refractivity contribution in [3.63, 3.8) is 0 Å². The third-order valence-electron chi connectivity index (χ3n) is 10.8. The summed E-state index contributed by atoms with van der Waals surface area (Å²) < 4.78 is 0. The van der Waals surface area contributed by atoms with Gasteiger partial charge in [0.05, 0.1) is 0 Å². The maximum Gasteiger partial charge on any atom is -0.00262 e. The van der Waals surface area contributed by atoms with Crippen LogP contribution >= 0.6 is 0 Å². The molecule has 0 fully saturated rings. The summed E-state index contributed by atoms with van der Waals surface area (Å²) in [4.78, 5) is 0. The monoisotopic (exact) mass is 684 g/mol. The maximum absolute atomic E-state index is 2.37. The van der Waals surface area contributed by atoms with Crippen molar-refractivity contribution in [3.05, 3.63) is 218 Å². The molecule has 0 bridgehead atoms. The smallest absolute Gasteiger partial charge is 0.00262 e. The van der Waals surface area contributed by atoms with E-state index in [0.717, 1.165) is 0 Å². The molecule has 0 saturated heterocycles. The summed E-state index contributed by atoms with van der Waals surface area (Å²) in [6.07, 6.45) is 0. The van der Waals surface area contributed by atoms with Gasteiger partial charge in [-0.25, -0.2) is 0 Å². The molecule has 0 N–H and O–H groups in total. The van der Waals surface area contributed by atoms with E-state index in [0.29, 0.717) is 0 Å². The molecule has 0 aliphatic heterocycles. The predicted molar refractivity (Wildman–Crippen MR) is 232 cm³/mol. The normalized spacial score (nSPS) is 11.3. The van der Waals surface area contributed by atoms with Gasteiger partial charge < -0.3 is 0 Å². The van der Waals surface area contributed by atoms with E-state index < -0.39 is 0 Å². The Balaban J connectivity index is 1.07. The van der Waals surface area contributed by atoms with Crippen LogP contribution in [0.25, 0.3) is 99.1 Å². The lowest BCUT2D eigenvalue weighted by Gasteiger charge is -2.18. The molecule has 0 heteroatoms. The average molecular weight is 685 g/mol. The largest absolute Gasteiger partial charge is 0.0622 e. The first-order valence-corrected chi connectivity index (χ1v) is 18.7. The highest BCUT2D eigenvalue weighted by atomic mass is 14.2. The van der Waals surface area contributed by atoms with Gasteiger partial charge in [-0.15, -0.1) is 0 Å². The minimum atomic E-state index is 1.20. The summed E-state index contributed by atoms with van der Waals surface area (Å²) in [5, 5.41) is 7.55. The van der Waals surface area contributed by atoms with Crippen molar-refractivity contribution in [3.8, 4) is 66.8 Å². The molecule has 54 heavy (non-hydrogen) atoms. The molecule has 0 aromatic heterocycles. The van der Waals surface area contributed by atoms with Crippen LogP contribution < -0.4 is 0 Å². The molecule has 10 rings (SSSR count). The highest BCUT2D eigenvalue weighted by molar-refractivity contribution is 6.21. The lowest BCUT2D eigenvalue weighted by molar-refractivity contribution is 1.57. The van der Waals surface area contributed by atoms with Gasteiger partial charge in [-0.2, -0.15) is 0 Å². The molecular formula is C54H36. The number of fused-ring (bicyclic) bond motifs is 3. The van der Waals surface area contributed by atoms with Crippen LogP contribution in [0.4, 0.5) is 0 Å². The van der Waals surface area contributed by atoms with Crippen molar-refractivity contribution in [1.29, 1.82) is 0 Å². The van der Waals surface area contributed by atoms with E-state index in [1.54, 1.807) is 0 Å². The van der Waals surface area contributed by atoms with Crippen LogP contribution in [0.1, 0.15) is 0 Å². The lowest BCUT2D eigenvalue weighted by Crippen LogP contribution is -1.91. The molecular weight excluding hydrogens is 649 g/mol. The molecule has 0 nitrogen and oxygen atoms in total. The Hall–Kier alpha value is -7.02. The first kappa shape index (κ1) is 31.7. The van der Waals surface area contributed by atoms with Crippen molar-refractivity contribution in [2.45, 2.75) is 0 Å². The maximum atomic E-state index is 2.37. The third-order valence-corrected chi connectivity index (χ3v) is 10.8.